The first-order valence-electron chi connectivity index (χ1n) is 14.9. The number of benzene rings is 4. The number of hydrogen-bond donors (Lipinski definition) is 1. The molecule has 4 rings (SSSR count). The van der Waals surface area contributed by atoms with Crippen LogP contribution in [0.2, 0.25) is 0 Å². The van der Waals surface area contributed by atoms with E-state index < -0.39 is 12.2 Å². The van der Waals surface area contributed by atoms with Gasteiger partial charge in [-0.25, -0.2) is 20.0 Å². The Morgan fingerprint density at radius 1 is 0.651 bits per heavy atom. The molecule has 0 radical (unpaired) electrons. The van der Waals surface area contributed by atoms with E-state index >= 15 is 0 Å². The van der Waals surface area contributed by atoms with Crippen LogP contribution < -0.4 is 5.43 Å². The molecule has 0 bridgehead atoms. The minimum atomic E-state index is -0.714. The van der Waals surface area contributed by atoms with Crippen molar-refractivity contribution in [3.8, 4) is 0 Å². The van der Waals surface area contributed by atoms with Crippen LogP contribution in [0.4, 0.5) is 9.59 Å². The minimum Gasteiger partial charge on any atom is -0.443 e. The number of amides is 2. The highest BCUT2D eigenvalue weighted by Crippen LogP contribution is 2.26. The van der Waals surface area contributed by atoms with E-state index in [-0.39, 0.29) is 25.2 Å². The molecule has 0 spiro atoms. The van der Waals surface area contributed by atoms with Crippen molar-refractivity contribution in [2.24, 2.45) is 0 Å². The van der Waals surface area contributed by atoms with Gasteiger partial charge in [0.1, 0.15) is 13.2 Å². The van der Waals surface area contributed by atoms with Crippen LogP contribution in [0.25, 0.3) is 0 Å². The van der Waals surface area contributed by atoms with E-state index in [4.69, 9.17) is 9.47 Å². The lowest BCUT2D eigenvalue weighted by Crippen LogP contribution is -2.55. The lowest BCUT2D eigenvalue weighted by atomic mass is 9.90. The third-order valence-electron chi connectivity index (χ3n) is 7.42. The SMILES string of the molecule is CCC(CN(CC)CC(c1ccccc1)c1ccccc1)N(NC(=O)OCc1ccccc1)C(=O)OCc1ccccc1. The lowest BCUT2D eigenvalue weighted by molar-refractivity contribution is 0.0364. The van der Waals surface area contributed by atoms with E-state index in [0.29, 0.717) is 13.0 Å². The van der Waals surface area contributed by atoms with Crippen LogP contribution >= 0.6 is 0 Å². The average Bonchev–Trinajstić information content (AvgIpc) is 3.07. The fraction of sp³-hybridized carbons (Fsp3) is 0.278. The highest BCUT2D eigenvalue weighted by Gasteiger charge is 2.29. The molecule has 0 aromatic heterocycles. The van der Waals surface area contributed by atoms with Crippen LogP contribution in [0.3, 0.4) is 0 Å². The number of carbonyl (C=O) groups is 2. The monoisotopic (exact) mass is 579 g/mol. The largest absolute Gasteiger partial charge is 0.443 e. The second-order valence-electron chi connectivity index (χ2n) is 10.4. The van der Waals surface area contributed by atoms with E-state index in [9.17, 15) is 9.59 Å². The van der Waals surface area contributed by atoms with Crippen molar-refractivity contribution in [1.29, 1.82) is 0 Å². The summed E-state index contributed by atoms with van der Waals surface area (Å²) in [6.07, 6.45) is -0.753. The highest BCUT2D eigenvalue weighted by molar-refractivity contribution is 5.74. The Morgan fingerprint density at radius 3 is 1.58 bits per heavy atom. The Kier molecular flexibility index (Phi) is 12.2. The summed E-state index contributed by atoms with van der Waals surface area (Å²) in [7, 11) is 0. The number of rotatable bonds is 13. The second-order valence-corrected chi connectivity index (χ2v) is 10.4. The maximum absolute atomic E-state index is 13.5. The number of hydrazine groups is 1. The Hall–Kier alpha value is -4.62. The molecular formula is C36H41N3O4. The van der Waals surface area contributed by atoms with Crippen molar-refractivity contribution >= 4 is 12.2 Å². The fourth-order valence-corrected chi connectivity index (χ4v) is 4.98. The molecule has 7 heteroatoms. The van der Waals surface area contributed by atoms with Crippen LogP contribution in [-0.2, 0) is 22.7 Å². The molecule has 7 nitrogen and oxygen atoms in total. The summed E-state index contributed by atoms with van der Waals surface area (Å²) in [4.78, 5) is 28.7. The molecule has 43 heavy (non-hydrogen) atoms. The molecule has 0 heterocycles. The first-order valence-corrected chi connectivity index (χ1v) is 14.9. The first kappa shape index (κ1) is 31.3. The van der Waals surface area contributed by atoms with Gasteiger partial charge in [-0.3, -0.25) is 0 Å². The summed E-state index contributed by atoms with van der Waals surface area (Å²) in [6.45, 7) is 6.33. The van der Waals surface area contributed by atoms with Crippen LogP contribution in [0.15, 0.2) is 121 Å². The number of ether oxygens (including phenoxy) is 2. The summed E-state index contributed by atoms with van der Waals surface area (Å²) in [6, 6.07) is 39.5. The molecule has 1 N–H and O–H groups in total. The molecule has 1 unspecified atom stereocenters. The van der Waals surface area contributed by atoms with Crippen molar-refractivity contribution in [2.45, 2.75) is 45.4 Å². The zero-order valence-electron chi connectivity index (χ0n) is 25.0. The van der Waals surface area contributed by atoms with Gasteiger partial charge in [0.05, 0.1) is 6.04 Å². The Morgan fingerprint density at radius 2 is 1.12 bits per heavy atom. The van der Waals surface area contributed by atoms with Crippen LogP contribution in [0.1, 0.15) is 48.4 Å². The number of hydrogen-bond acceptors (Lipinski definition) is 5. The quantitative estimate of drug-likeness (QED) is 0.167. The zero-order chi connectivity index (χ0) is 30.3. The van der Waals surface area contributed by atoms with Gasteiger partial charge in [-0.2, -0.15) is 0 Å². The molecule has 4 aromatic carbocycles. The van der Waals surface area contributed by atoms with Gasteiger partial charge in [0.25, 0.3) is 0 Å². The smallest absolute Gasteiger partial charge is 0.429 e. The molecule has 2 amide bonds. The molecule has 224 valence electrons. The van der Waals surface area contributed by atoms with Gasteiger partial charge in [0.2, 0.25) is 0 Å². The van der Waals surface area contributed by atoms with E-state index in [1.54, 1.807) is 0 Å². The van der Waals surface area contributed by atoms with Crippen LogP contribution in [-0.4, -0.2) is 47.8 Å². The van der Waals surface area contributed by atoms with Gasteiger partial charge in [0, 0.05) is 19.0 Å². The average molecular weight is 580 g/mol. The molecule has 1 atom stereocenters. The molecule has 0 saturated carbocycles. The predicted octanol–water partition coefficient (Wildman–Crippen LogP) is 7.40. The van der Waals surface area contributed by atoms with E-state index in [0.717, 1.165) is 24.2 Å². The zero-order valence-corrected chi connectivity index (χ0v) is 25.0. The first-order chi connectivity index (χ1) is 21.1. The van der Waals surface area contributed by atoms with Crippen LogP contribution in [0, 0.1) is 0 Å². The number of carbonyl (C=O) groups excluding carboxylic acids is 2. The minimum absolute atomic E-state index is 0.0906. The van der Waals surface area contributed by atoms with Gasteiger partial charge in [0.15, 0.2) is 0 Å². The summed E-state index contributed by atoms with van der Waals surface area (Å²) >= 11 is 0. The van der Waals surface area contributed by atoms with Gasteiger partial charge in [-0.1, -0.05) is 135 Å². The summed E-state index contributed by atoms with van der Waals surface area (Å²) in [5.74, 6) is 0.141. The number of nitrogens with zero attached hydrogens (tertiary/aromatic N) is 2. The molecule has 0 aliphatic carbocycles. The summed E-state index contributed by atoms with van der Waals surface area (Å²) in [5, 5.41) is 1.29. The third-order valence-corrected chi connectivity index (χ3v) is 7.42. The molecule has 0 saturated heterocycles. The molecular weight excluding hydrogens is 538 g/mol. The van der Waals surface area contributed by atoms with Gasteiger partial charge >= 0.3 is 12.2 Å². The Balaban J connectivity index is 1.50. The number of nitrogens with one attached hydrogen (secondary N) is 1. The van der Waals surface area contributed by atoms with E-state index in [1.165, 1.54) is 16.1 Å². The van der Waals surface area contributed by atoms with Crippen LogP contribution in [0.5, 0.6) is 0 Å². The lowest BCUT2D eigenvalue weighted by Gasteiger charge is -2.35. The molecule has 0 fully saturated rings. The van der Waals surface area contributed by atoms with E-state index in [2.05, 4.69) is 65.8 Å². The Bertz CT molecular complexity index is 1330. The van der Waals surface area contributed by atoms with Gasteiger partial charge in [-0.15, -0.1) is 0 Å². The van der Waals surface area contributed by atoms with Crippen molar-refractivity contribution in [1.82, 2.24) is 15.3 Å². The molecule has 4 aromatic rings. The summed E-state index contributed by atoms with van der Waals surface area (Å²) < 4.78 is 11.1. The van der Waals surface area contributed by atoms with Gasteiger partial charge < -0.3 is 14.4 Å². The predicted molar refractivity (Wildman–Crippen MR) is 169 cm³/mol. The third kappa shape index (κ3) is 9.72. The molecule has 0 aliphatic rings. The van der Waals surface area contributed by atoms with Crippen molar-refractivity contribution < 1.29 is 19.1 Å². The maximum atomic E-state index is 13.5. The fourth-order valence-electron chi connectivity index (χ4n) is 4.98. The molecule has 0 aliphatic heterocycles. The Labute approximate surface area is 255 Å². The van der Waals surface area contributed by atoms with E-state index in [1.807, 2.05) is 79.7 Å². The summed E-state index contributed by atoms with van der Waals surface area (Å²) in [5.41, 5.74) is 6.85. The normalized spacial score (nSPS) is 11.6. The van der Waals surface area contributed by atoms with Gasteiger partial charge in [-0.05, 0) is 35.2 Å². The standard InChI is InChI=1S/C36H41N3O4/c1-3-33(25-38(4-2)26-34(31-21-13-7-14-22-31)32-23-15-8-16-24-32)39(36(41)43-28-30-19-11-6-12-20-30)37-35(40)42-27-29-17-9-5-10-18-29/h5-24,33-34H,3-4,25-28H2,1-2H3,(H,37,40). The van der Waals surface area contributed by atoms with Crippen molar-refractivity contribution in [3.05, 3.63) is 144 Å². The van der Waals surface area contributed by atoms with Crippen molar-refractivity contribution in [3.63, 3.8) is 0 Å². The topological polar surface area (TPSA) is 71.1 Å². The van der Waals surface area contributed by atoms with Crippen molar-refractivity contribution in [2.75, 3.05) is 19.6 Å². The number of likely N-dealkylation sites (N-methyl/N-ethyl adjacent to an activating group) is 1. The highest BCUT2D eigenvalue weighted by atomic mass is 16.6. The second kappa shape index (κ2) is 16.7. The maximum Gasteiger partial charge on any atom is 0.429 e.